The van der Waals surface area contributed by atoms with E-state index in [1.807, 2.05) is 48.5 Å². The van der Waals surface area contributed by atoms with E-state index in [4.69, 9.17) is 14.2 Å². The van der Waals surface area contributed by atoms with E-state index in [2.05, 4.69) is 61.5 Å². The van der Waals surface area contributed by atoms with Gasteiger partial charge in [-0.3, -0.25) is 0 Å². The van der Waals surface area contributed by atoms with E-state index < -0.39 is 33.6 Å². The van der Waals surface area contributed by atoms with Crippen molar-refractivity contribution in [3.63, 3.8) is 0 Å². The number of aliphatic hydroxyl groups is 6. The van der Waals surface area contributed by atoms with Crippen LogP contribution in [0.4, 0.5) is 0 Å². The Balaban J connectivity index is 0.000000136. The van der Waals surface area contributed by atoms with Crippen LogP contribution in [0.3, 0.4) is 0 Å². The quantitative estimate of drug-likeness (QED) is 0.124. The molecule has 466 valence electrons. The van der Waals surface area contributed by atoms with Gasteiger partial charge in [0.25, 0.3) is 0 Å². The van der Waals surface area contributed by atoms with Gasteiger partial charge in [-0.15, -0.1) is 0 Å². The summed E-state index contributed by atoms with van der Waals surface area (Å²) >= 11 is 0. The third-order valence-corrected chi connectivity index (χ3v) is 27.9. The molecular formula is C72H124O9. The molecule has 0 spiro atoms. The van der Waals surface area contributed by atoms with Crippen LogP contribution in [0.15, 0.2) is 11.6 Å². The summed E-state index contributed by atoms with van der Waals surface area (Å²) in [7, 11) is 0. The zero-order chi connectivity index (χ0) is 59.0. The average Bonchev–Trinajstić information content (AvgIpc) is 2.30. The summed E-state index contributed by atoms with van der Waals surface area (Å²) in [6.45, 7) is 33.5. The molecule has 23 atom stereocenters. The minimum atomic E-state index is -0.749. The Morgan fingerprint density at radius 1 is 0.383 bits per heavy atom. The topological polar surface area (TPSA) is 149 Å². The van der Waals surface area contributed by atoms with E-state index in [9.17, 15) is 30.6 Å². The van der Waals surface area contributed by atoms with Gasteiger partial charge in [-0.05, 0) is 327 Å². The first-order valence-corrected chi connectivity index (χ1v) is 34.2. The molecule has 0 bridgehead atoms. The van der Waals surface area contributed by atoms with Crippen molar-refractivity contribution in [2.75, 3.05) is 19.8 Å². The lowest BCUT2D eigenvalue weighted by atomic mass is 9.44. The van der Waals surface area contributed by atoms with Gasteiger partial charge in [0.15, 0.2) is 0 Å². The number of allylic oxidation sites excluding steroid dienone is 1. The Kier molecular flexibility index (Phi) is 17.1. The smallest absolute Gasteiger partial charge is 0.0824 e. The summed E-state index contributed by atoms with van der Waals surface area (Å²) in [5, 5.41) is 62.2. The molecule has 0 amide bonds. The minimum Gasteiger partial charge on any atom is -0.390 e. The van der Waals surface area contributed by atoms with E-state index in [1.54, 1.807) is 0 Å². The van der Waals surface area contributed by atoms with Crippen LogP contribution in [0, 0.1) is 97.6 Å². The van der Waals surface area contributed by atoms with Crippen LogP contribution in [0.5, 0.6) is 0 Å². The van der Waals surface area contributed by atoms with E-state index >= 15 is 0 Å². The monoisotopic (exact) mass is 1130 g/mol. The second kappa shape index (κ2) is 21.9. The highest BCUT2D eigenvalue weighted by Crippen LogP contribution is 2.70. The van der Waals surface area contributed by atoms with Crippen molar-refractivity contribution in [3.05, 3.63) is 11.6 Å². The molecule has 0 aromatic carbocycles. The highest BCUT2D eigenvalue weighted by Gasteiger charge is 2.64. The van der Waals surface area contributed by atoms with Crippen LogP contribution in [-0.2, 0) is 14.2 Å². The van der Waals surface area contributed by atoms with Gasteiger partial charge in [0.1, 0.15) is 0 Å². The summed E-state index contributed by atoms with van der Waals surface area (Å²) in [5.41, 5.74) is -0.100. The Morgan fingerprint density at radius 2 is 0.728 bits per heavy atom. The summed E-state index contributed by atoms with van der Waals surface area (Å²) in [4.78, 5) is 0. The summed E-state index contributed by atoms with van der Waals surface area (Å²) in [6.07, 6.45) is 34.3. The maximum atomic E-state index is 10.6. The summed E-state index contributed by atoms with van der Waals surface area (Å²) < 4.78 is 18.9. The summed E-state index contributed by atoms with van der Waals surface area (Å²) in [5.74, 6) is 8.57. The normalized spacial score (nSPS) is 51.8. The Labute approximate surface area is 494 Å². The molecule has 9 heteroatoms. The van der Waals surface area contributed by atoms with Crippen molar-refractivity contribution >= 4 is 0 Å². The number of hydrogen-bond acceptors (Lipinski definition) is 9. The third kappa shape index (κ3) is 12.2. The van der Waals surface area contributed by atoms with Crippen molar-refractivity contribution < 1.29 is 44.8 Å². The van der Waals surface area contributed by atoms with Gasteiger partial charge in [0.05, 0.1) is 71.7 Å². The molecule has 12 rings (SSSR count). The summed E-state index contributed by atoms with van der Waals surface area (Å²) in [6, 6.07) is 0. The molecule has 6 N–H and O–H groups in total. The lowest BCUT2D eigenvalue weighted by molar-refractivity contribution is -0.161. The van der Waals surface area contributed by atoms with Gasteiger partial charge in [0.2, 0.25) is 0 Å². The number of fused-ring (bicyclic) bond motifs is 15. The zero-order valence-electron chi connectivity index (χ0n) is 54.6. The fourth-order valence-corrected chi connectivity index (χ4v) is 23.3. The lowest BCUT2D eigenvalue weighted by Gasteiger charge is -2.61. The third-order valence-electron chi connectivity index (χ3n) is 27.9. The highest BCUT2D eigenvalue weighted by atomic mass is 16.5. The molecule has 0 aliphatic heterocycles. The van der Waals surface area contributed by atoms with Crippen molar-refractivity contribution in [3.8, 4) is 0 Å². The lowest BCUT2D eigenvalue weighted by Crippen LogP contribution is -2.56. The molecule has 11 saturated carbocycles. The molecule has 0 aromatic rings. The van der Waals surface area contributed by atoms with Gasteiger partial charge in [0, 0.05) is 0 Å². The highest BCUT2D eigenvalue weighted by molar-refractivity contribution is 5.27. The second-order valence-electron chi connectivity index (χ2n) is 35.9. The molecule has 9 nitrogen and oxygen atoms in total. The Morgan fingerprint density at radius 3 is 1.11 bits per heavy atom. The van der Waals surface area contributed by atoms with Crippen LogP contribution < -0.4 is 0 Å². The first-order valence-electron chi connectivity index (χ1n) is 34.2. The molecule has 0 radical (unpaired) electrons. The Bertz CT molecular complexity index is 2130. The molecule has 11 fully saturated rings. The first kappa shape index (κ1) is 63.4. The number of rotatable bonds is 9. The predicted octanol–water partition coefficient (Wildman–Crippen LogP) is 14.7. The van der Waals surface area contributed by atoms with Gasteiger partial charge in [-0.25, -0.2) is 0 Å². The fraction of sp³-hybridized carbons (Fsp3) is 0.972. The van der Waals surface area contributed by atoms with Crippen LogP contribution in [0.1, 0.15) is 271 Å². The number of ether oxygens (including phenoxy) is 3. The largest absolute Gasteiger partial charge is 0.390 e. The van der Waals surface area contributed by atoms with Gasteiger partial charge < -0.3 is 44.8 Å². The molecule has 12 aliphatic rings. The van der Waals surface area contributed by atoms with Crippen LogP contribution >= 0.6 is 0 Å². The van der Waals surface area contributed by atoms with Crippen molar-refractivity contribution in [1.82, 2.24) is 0 Å². The Hall–Kier alpha value is -0.620. The predicted molar refractivity (Wildman–Crippen MR) is 325 cm³/mol. The molecule has 0 heterocycles. The van der Waals surface area contributed by atoms with E-state index in [1.165, 1.54) is 108 Å². The van der Waals surface area contributed by atoms with Crippen LogP contribution in [0.2, 0.25) is 0 Å². The van der Waals surface area contributed by atoms with Crippen molar-refractivity contribution in [2.24, 2.45) is 97.6 Å². The molecule has 0 unspecified atom stereocenters. The molecule has 12 aliphatic carbocycles. The first-order chi connectivity index (χ1) is 37.3. The maximum absolute atomic E-state index is 10.6. The standard InChI is InChI=1S/2C24H42O3.C24H40O3/c3*1-21(2,25)15-27-20-9-8-18-17-7-6-16-14-22(3,26)12-13-23(16,4)19(17)10-11-24(18,20)5/h2*16-20,25-26H,6-15H2,1-5H3;6,17-20,25-26H,7-15H2,1-5H3/t16-,17+,18+,19+,20+,22+,23+,24+;16-,17-,18-,19-,20-,22-,23-,24-;17-,18-,19-,20-,22-,23-,24-/m100/s1. The molecular weight excluding hydrogens is 1010 g/mol. The van der Waals surface area contributed by atoms with Gasteiger partial charge >= 0.3 is 0 Å². The fourth-order valence-electron chi connectivity index (χ4n) is 23.3. The molecule has 0 aromatic heterocycles. The maximum Gasteiger partial charge on any atom is 0.0824 e. The minimum absolute atomic E-state index is 0.258. The SMILES string of the molecule is CC(C)(O)CO[C@H]1CC[C@H]2[C@@H]3CC=C4C[C@@](C)(O)CC[C@]4(C)[C@H]3CC[C@]12C.CC(C)(O)CO[C@H]1CC[C@H]2[C@@H]3CC[C@@H]4C[C@@](C)(O)CC[C@]4(C)[C@H]3CC[C@]12C.CC(C)(O)CO[C@H]1CC[C@H]2[C@@H]3CC[C@H]4C[C@@](C)(O)CC[C@]4(C)[C@H]3CC[C@]12C. The van der Waals surface area contributed by atoms with E-state index in [-0.39, 0.29) is 16.2 Å². The second-order valence-corrected chi connectivity index (χ2v) is 35.9. The number of hydrogen-bond donors (Lipinski definition) is 6. The van der Waals surface area contributed by atoms with Crippen LogP contribution in [-0.4, -0.2) is 102 Å². The van der Waals surface area contributed by atoms with Gasteiger partial charge in [-0.1, -0.05) is 53.2 Å². The molecule has 0 saturated heterocycles. The van der Waals surface area contributed by atoms with E-state index in [0.717, 1.165) is 117 Å². The van der Waals surface area contributed by atoms with E-state index in [0.29, 0.717) is 66.2 Å². The average molecular weight is 1130 g/mol. The van der Waals surface area contributed by atoms with Crippen molar-refractivity contribution in [2.45, 2.75) is 323 Å². The van der Waals surface area contributed by atoms with Crippen LogP contribution in [0.25, 0.3) is 0 Å². The van der Waals surface area contributed by atoms with Crippen molar-refractivity contribution in [1.29, 1.82) is 0 Å². The zero-order valence-corrected chi connectivity index (χ0v) is 54.6. The molecule has 81 heavy (non-hydrogen) atoms. The van der Waals surface area contributed by atoms with Gasteiger partial charge in [-0.2, -0.15) is 0 Å².